The molecule has 1 aromatic rings. The summed E-state index contributed by atoms with van der Waals surface area (Å²) >= 11 is 0. The number of hydrogen-bond acceptors (Lipinski definition) is 4. The van der Waals surface area contributed by atoms with Gasteiger partial charge in [-0.25, -0.2) is 4.79 Å². The van der Waals surface area contributed by atoms with E-state index in [1.54, 1.807) is 26.0 Å². The molecule has 0 amide bonds. The van der Waals surface area contributed by atoms with Crippen molar-refractivity contribution in [2.24, 2.45) is 0 Å². The number of hydrogen-bond donors (Lipinski definition) is 0. The van der Waals surface area contributed by atoms with Crippen LogP contribution in [0.4, 0.5) is 0 Å². The van der Waals surface area contributed by atoms with Crippen LogP contribution in [-0.2, 0) is 4.74 Å². The summed E-state index contributed by atoms with van der Waals surface area (Å²) in [4.78, 5) is 23.4. The Labute approximate surface area is 113 Å². The van der Waals surface area contributed by atoms with E-state index in [0.717, 1.165) is 0 Å². The third kappa shape index (κ3) is 4.39. The molecule has 4 nitrogen and oxygen atoms in total. The summed E-state index contributed by atoms with van der Waals surface area (Å²) in [5.74, 6) is -0.0907. The highest BCUT2D eigenvalue weighted by Crippen LogP contribution is 2.22. The highest BCUT2D eigenvalue weighted by molar-refractivity contribution is 6.00. The molecule has 1 rings (SSSR count). The van der Waals surface area contributed by atoms with Gasteiger partial charge in [0.05, 0.1) is 23.3 Å². The van der Waals surface area contributed by atoms with Gasteiger partial charge in [0.15, 0.2) is 5.78 Å². The van der Waals surface area contributed by atoms with Crippen molar-refractivity contribution in [2.75, 3.05) is 0 Å². The Morgan fingerprint density at radius 3 is 2.16 bits per heavy atom. The topological polar surface area (TPSA) is 52.6 Å². The van der Waals surface area contributed by atoms with Crippen molar-refractivity contribution in [2.45, 2.75) is 46.8 Å². The quantitative estimate of drug-likeness (QED) is 0.605. The largest absolute Gasteiger partial charge is 0.490 e. The van der Waals surface area contributed by atoms with Gasteiger partial charge < -0.3 is 9.47 Å². The van der Waals surface area contributed by atoms with E-state index >= 15 is 0 Å². The van der Waals surface area contributed by atoms with E-state index in [-0.39, 0.29) is 18.0 Å². The van der Waals surface area contributed by atoms with Crippen LogP contribution < -0.4 is 4.74 Å². The molecule has 0 spiro atoms. The average molecular weight is 264 g/mol. The fourth-order valence-corrected chi connectivity index (χ4v) is 1.57. The van der Waals surface area contributed by atoms with Crippen LogP contribution >= 0.6 is 0 Å². The first-order valence-electron chi connectivity index (χ1n) is 6.34. The molecule has 19 heavy (non-hydrogen) atoms. The van der Waals surface area contributed by atoms with Crippen molar-refractivity contribution in [3.05, 3.63) is 29.3 Å². The Morgan fingerprint density at radius 2 is 1.68 bits per heavy atom. The predicted molar refractivity (Wildman–Crippen MR) is 72.8 cm³/mol. The summed E-state index contributed by atoms with van der Waals surface area (Å²) in [6, 6.07) is 4.76. The molecule has 0 saturated heterocycles. The number of rotatable bonds is 5. The van der Waals surface area contributed by atoms with Gasteiger partial charge in [0.2, 0.25) is 0 Å². The second-order valence-corrected chi connectivity index (χ2v) is 4.89. The predicted octanol–water partition coefficient (Wildman–Crippen LogP) is 3.24. The molecular weight excluding hydrogens is 244 g/mol. The summed E-state index contributed by atoms with van der Waals surface area (Å²) in [6.07, 6.45) is -0.230. The molecule has 0 aromatic heterocycles. The van der Waals surface area contributed by atoms with Crippen LogP contribution in [0.3, 0.4) is 0 Å². The SMILES string of the molecule is CC(=O)c1cc(C(=O)OC(C)C)ccc1OC(C)C. The Hall–Kier alpha value is -1.84. The fraction of sp³-hybridized carbons (Fsp3) is 0.467. The summed E-state index contributed by atoms with van der Waals surface area (Å²) in [6.45, 7) is 8.76. The van der Waals surface area contributed by atoms with Crippen LogP contribution in [0.15, 0.2) is 18.2 Å². The minimum Gasteiger partial charge on any atom is -0.490 e. The van der Waals surface area contributed by atoms with Gasteiger partial charge in [-0.1, -0.05) is 0 Å². The maximum absolute atomic E-state index is 11.8. The smallest absolute Gasteiger partial charge is 0.338 e. The molecule has 0 aliphatic rings. The first-order valence-corrected chi connectivity index (χ1v) is 6.34. The van der Waals surface area contributed by atoms with E-state index < -0.39 is 5.97 Å². The minimum atomic E-state index is -0.436. The lowest BCUT2D eigenvalue weighted by Crippen LogP contribution is -2.13. The van der Waals surface area contributed by atoms with Gasteiger partial charge >= 0.3 is 5.97 Å². The van der Waals surface area contributed by atoms with Gasteiger partial charge in [0.25, 0.3) is 0 Å². The maximum atomic E-state index is 11.8. The molecule has 104 valence electrons. The number of benzene rings is 1. The third-order valence-corrected chi connectivity index (χ3v) is 2.30. The molecule has 0 fully saturated rings. The minimum absolute atomic E-state index is 0.0356. The standard InChI is InChI=1S/C15H20O4/c1-9(2)18-14-7-6-12(8-13(14)11(5)16)15(17)19-10(3)4/h6-10H,1-5H3. The summed E-state index contributed by atoms with van der Waals surface area (Å²) in [7, 11) is 0. The lowest BCUT2D eigenvalue weighted by Gasteiger charge is -2.14. The van der Waals surface area contributed by atoms with Crippen LogP contribution in [0.2, 0.25) is 0 Å². The molecule has 0 aliphatic heterocycles. The van der Waals surface area contributed by atoms with E-state index in [1.165, 1.54) is 13.0 Å². The highest BCUT2D eigenvalue weighted by atomic mass is 16.5. The monoisotopic (exact) mass is 264 g/mol. The van der Waals surface area contributed by atoms with Crippen molar-refractivity contribution < 1.29 is 19.1 Å². The molecule has 0 saturated carbocycles. The Bertz CT molecular complexity index is 475. The molecular formula is C15H20O4. The van der Waals surface area contributed by atoms with Crippen LogP contribution in [0, 0.1) is 0 Å². The molecule has 0 radical (unpaired) electrons. The van der Waals surface area contributed by atoms with Gasteiger partial charge in [0, 0.05) is 0 Å². The summed E-state index contributed by atoms with van der Waals surface area (Å²) in [5.41, 5.74) is 0.752. The van der Waals surface area contributed by atoms with Crippen LogP contribution in [0.25, 0.3) is 0 Å². The van der Waals surface area contributed by atoms with E-state index in [9.17, 15) is 9.59 Å². The molecule has 0 aliphatic carbocycles. The Balaban J connectivity index is 3.09. The summed E-state index contributed by atoms with van der Waals surface area (Å²) in [5, 5.41) is 0. The average Bonchev–Trinajstić information content (AvgIpc) is 2.27. The molecule has 0 atom stereocenters. The molecule has 4 heteroatoms. The molecule has 1 aromatic carbocycles. The van der Waals surface area contributed by atoms with E-state index in [2.05, 4.69) is 0 Å². The number of carbonyl (C=O) groups excluding carboxylic acids is 2. The van der Waals surface area contributed by atoms with Gasteiger partial charge in [-0.15, -0.1) is 0 Å². The van der Waals surface area contributed by atoms with E-state index in [4.69, 9.17) is 9.47 Å². The van der Waals surface area contributed by atoms with Crippen molar-refractivity contribution >= 4 is 11.8 Å². The molecule has 0 N–H and O–H groups in total. The molecule has 0 unspecified atom stereocenters. The van der Waals surface area contributed by atoms with Crippen LogP contribution in [0.1, 0.15) is 55.3 Å². The number of ether oxygens (including phenoxy) is 2. The highest BCUT2D eigenvalue weighted by Gasteiger charge is 2.16. The maximum Gasteiger partial charge on any atom is 0.338 e. The number of esters is 1. The van der Waals surface area contributed by atoms with Gasteiger partial charge in [-0.05, 0) is 52.8 Å². The van der Waals surface area contributed by atoms with Crippen LogP contribution in [0.5, 0.6) is 5.75 Å². The van der Waals surface area contributed by atoms with E-state index in [0.29, 0.717) is 16.9 Å². The molecule has 0 bridgehead atoms. The zero-order valence-corrected chi connectivity index (χ0v) is 12.0. The first-order chi connectivity index (χ1) is 8.81. The second-order valence-electron chi connectivity index (χ2n) is 4.89. The van der Waals surface area contributed by atoms with Crippen LogP contribution in [-0.4, -0.2) is 24.0 Å². The third-order valence-electron chi connectivity index (χ3n) is 2.30. The van der Waals surface area contributed by atoms with Crippen molar-refractivity contribution in [3.63, 3.8) is 0 Å². The lowest BCUT2D eigenvalue weighted by atomic mass is 10.1. The van der Waals surface area contributed by atoms with Gasteiger partial charge in [-0.2, -0.15) is 0 Å². The van der Waals surface area contributed by atoms with Crippen molar-refractivity contribution in [1.82, 2.24) is 0 Å². The fourth-order valence-electron chi connectivity index (χ4n) is 1.57. The van der Waals surface area contributed by atoms with E-state index in [1.807, 2.05) is 13.8 Å². The first kappa shape index (κ1) is 15.2. The lowest BCUT2D eigenvalue weighted by molar-refractivity contribution is 0.0378. The number of carbonyl (C=O) groups is 2. The van der Waals surface area contributed by atoms with Crippen molar-refractivity contribution in [3.8, 4) is 5.75 Å². The Morgan fingerprint density at radius 1 is 1.05 bits per heavy atom. The second kappa shape index (κ2) is 6.36. The van der Waals surface area contributed by atoms with Gasteiger partial charge in [0.1, 0.15) is 5.75 Å². The van der Waals surface area contributed by atoms with Gasteiger partial charge in [-0.3, -0.25) is 4.79 Å². The number of ketones is 1. The normalized spacial score (nSPS) is 10.7. The molecule has 0 heterocycles. The van der Waals surface area contributed by atoms with Crippen molar-refractivity contribution in [1.29, 1.82) is 0 Å². The number of Topliss-reactive ketones (excluding diaryl/α,β-unsaturated/α-hetero) is 1. The Kier molecular flexibility index (Phi) is 5.10. The zero-order valence-electron chi connectivity index (χ0n) is 12.0. The summed E-state index contributed by atoms with van der Waals surface area (Å²) < 4.78 is 10.7. The zero-order chi connectivity index (χ0) is 14.6.